The molecule has 1 saturated heterocycles. The summed E-state index contributed by atoms with van der Waals surface area (Å²) >= 11 is 0. The Morgan fingerprint density at radius 3 is 3.04 bits per heavy atom. The zero-order valence-corrected chi connectivity index (χ0v) is 14.5. The molecule has 0 bridgehead atoms. The molecule has 1 aliphatic rings. The monoisotopic (exact) mass is 348 g/mol. The number of aliphatic hydroxyl groups is 1. The summed E-state index contributed by atoms with van der Waals surface area (Å²) in [6.45, 7) is 4.58. The molecule has 0 saturated carbocycles. The van der Waals surface area contributed by atoms with Crippen LogP contribution in [0.15, 0.2) is 24.3 Å². The molecule has 0 aliphatic carbocycles. The minimum absolute atomic E-state index is 0.169. The fourth-order valence-corrected chi connectivity index (χ4v) is 3.25. The Balaban J connectivity index is 1.43. The van der Waals surface area contributed by atoms with E-state index in [1.807, 2.05) is 6.92 Å². The molecule has 0 spiro atoms. The summed E-state index contributed by atoms with van der Waals surface area (Å²) in [6.07, 6.45) is 1.52. The van der Waals surface area contributed by atoms with Gasteiger partial charge in [0.1, 0.15) is 11.6 Å². The predicted octanol–water partition coefficient (Wildman–Crippen LogP) is 2.01. The third-order valence-electron chi connectivity index (χ3n) is 4.48. The Labute approximate surface area is 147 Å². The number of β-amino-alcohol motifs (C(OH)–C–C–N with tert-alkyl or cyclic N) is 1. The molecule has 2 N–H and O–H groups in total. The van der Waals surface area contributed by atoms with E-state index in [4.69, 9.17) is 4.74 Å². The van der Waals surface area contributed by atoms with Crippen molar-refractivity contribution in [3.8, 4) is 0 Å². The highest BCUT2D eigenvalue weighted by Gasteiger charge is 2.25. The van der Waals surface area contributed by atoms with Crippen LogP contribution in [0.3, 0.4) is 0 Å². The molecule has 1 aromatic carbocycles. The first-order valence-corrected chi connectivity index (χ1v) is 8.72. The number of rotatable bonds is 7. The first-order valence-electron chi connectivity index (χ1n) is 8.72. The molecule has 1 aliphatic heterocycles. The maximum Gasteiger partial charge on any atom is 0.155 e. The van der Waals surface area contributed by atoms with Crippen LogP contribution >= 0.6 is 0 Å². The maximum atomic E-state index is 13.5. The van der Waals surface area contributed by atoms with E-state index in [9.17, 15) is 9.50 Å². The van der Waals surface area contributed by atoms with Crippen molar-refractivity contribution in [1.82, 2.24) is 20.1 Å². The third kappa shape index (κ3) is 5.07. The largest absolute Gasteiger partial charge is 0.389 e. The molecule has 136 valence electrons. The lowest BCUT2D eigenvalue weighted by atomic mass is 9.97. The molecule has 25 heavy (non-hydrogen) atoms. The minimum Gasteiger partial charge on any atom is -0.389 e. The van der Waals surface area contributed by atoms with Gasteiger partial charge in [-0.2, -0.15) is 5.10 Å². The van der Waals surface area contributed by atoms with Crippen LogP contribution in [-0.2, 0) is 11.3 Å². The van der Waals surface area contributed by atoms with Gasteiger partial charge in [-0.15, -0.1) is 0 Å². The number of aliphatic hydroxyl groups excluding tert-OH is 1. The molecule has 1 fully saturated rings. The average molecular weight is 348 g/mol. The highest BCUT2D eigenvalue weighted by molar-refractivity contribution is 5.16. The first kappa shape index (κ1) is 18.0. The summed E-state index contributed by atoms with van der Waals surface area (Å²) in [7, 11) is 0. The van der Waals surface area contributed by atoms with Crippen LogP contribution in [0.1, 0.15) is 36.0 Å². The zero-order chi connectivity index (χ0) is 17.6. The van der Waals surface area contributed by atoms with Crippen LogP contribution in [0, 0.1) is 12.7 Å². The Morgan fingerprint density at radius 1 is 1.44 bits per heavy atom. The lowest BCUT2D eigenvalue weighted by Gasteiger charge is -2.32. The number of halogens is 1. The normalized spacial score (nSPS) is 19.9. The molecular formula is C18H25FN4O2. The van der Waals surface area contributed by atoms with Crippen LogP contribution in [0.5, 0.6) is 0 Å². The van der Waals surface area contributed by atoms with Gasteiger partial charge in [-0.3, -0.25) is 10.00 Å². The standard InChI is InChI=1S/C18H25FN4O2/c1-13-20-18(22-21-13)14-6-4-8-23(9-14)10-16(24)12-25-11-15-5-2-3-7-17(15)19/h2-3,5,7,14,16,24H,4,6,8-12H2,1H3,(H,20,21,22). The van der Waals surface area contributed by atoms with E-state index in [0.29, 0.717) is 18.0 Å². The topological polar surface area (TPSA) is 74.3 Å². The number of aryl methyl sites for hydroxylation is 1. The van der Waals surface area contributed by atoms with Crippen molar-refractivity contribution < 1.29 is 14.2 Å². The van der Waals surface area contributed by atoms with Crippen LogP contribution < -0.4 is 0 Å². The predicted molar refractivity (Wildman–Crippen MR) is 91.6 cm³/mol. The Bertz CT molecular complexity index is 679. The number of benzene rings is 1. The van der Waals surface area contributed by atoms with Crippen molar-refractivity contribution in [1.29, 1.82) is 0 Å². The first-order chi connectivity index (χ1) is 12.1. The van der Waals surface area contributed by atoms with Gasteiger partial charge in [0.05, 0.1) is 19.3 Å². The molecule has 2 atom stereocenters. The summed E-state index contributed by atoms with van der Waals surface area (Å²) in [5, 5.41) is 17.4. The summed E-state index contributed by atoms with van der Waals surface area (Å²) in [6, 6.07) is 6.52. The minimum atomic E-state index is -0.598. The van der Waals surface area contributed by atoms with E-state index < -0.39 is 6.10 Å². The van der Waals surface area contributed by atoms with Gasteiger partial charge in [-0.05, 0) is 32.4 Å². The Hall–Kier alpha value is -1.83. The average Bonchev–Trinajstić information content (AvgIpc) is 3.03. The fraction of sp³-hybridized carbons (Fsp3) is 0.556. The van der Waals surface area contributed by atoms with Crippen LogP contribution in [0.25, 0.3) is 0 Å². The van der Waals surface area contributed by atoms with Gasteiger partial charge in [0.25, 0.3) is 0 Å². The molecule has 2 heterocycles. The number of piperidine rings is 1. The molecule has 1 aromatic heterocycles. The number of hydrogen-bond donors (Lipinski definition) is 2. The molecule has 2 unspecified atom stereocenters. The Morgan fingerprint density at radius 2 is 2.28 bits per heavy atom. The number of nitrogens with one attached hydrogen (secondary N) is 1. The highest BCUT2D eigenvalue weighted by Crippen LogP contribution is 2.24. The molecule has 0 amide bonds. The van der Waals surface area contributed by atoms with Crippen LogP contribution in [-0.4, -0.2) is 57.5 Å². The molecular weight excluding hydrogens is 323 g/mol. The van der Waals surface area contributed by atoms with Gasteiger partial charge in [0.15, 0.2) is 5.82 Å². The van der Waals surface area contributed by atoms with Crippen LogP contribution in [0.2, 0.25) is 0 Å². The number of nitrogens with zero attached hydrogens (tertiary/aromatic N) is 3. The van der Waals surface area contributed by atoms with Crippen molar-refractivity contribution in [3.05, 3.63) is 47.3 Å². The van der Waals surface area contributed by atoms with Gasteiger partial charge < -0.3 is 9.84 Å². The van der Waals surface area contributed by atoms with Gasteiger partial charge in [-0.25, -0.2) is 9.37 Å². The number of aromatic amines is 1. The number of aromatic nitrogens is 3. The number of H-pyrrole nitrogens is 1. The van der Waals surface area contributed by atoms with Crippen molar-refractivity contribution >= 4 is 0 Å². The fourth-order valence-electron chi connectivity index (χ4n) is 3.25. The number of hydrogen-bond acceptors (Lipinski definition) is 5. The summed E-state index contributed by atoms with van der Waals surface area (Å²) < 4.78 is 19.0. The van der Waals surface area contributed by atoms with E-state index in [1.165, 1.54) is 6.07 Å². The van der Waals surface area contributed by atoms with Crippen molar-refractivity contribution in [2.45, 2.75) is 38.4 Å². The smallest absolute Gasteiger partial charge is 0.155 e. The van der Waals surface area contributed by atoms with E-state index in [-0.39, 0.29) is 19.0 Å². The third-order valence-corrected chi connectivity index (χ3v) is 4.48. The number of likely N-dealkylation sites (tertiary alicyclic amines) is 1. The van der Waals surface area contributed by atoms with Gasteiger partial charge in [0.2, 0.25) is 0 Å². The SMILES string of the molecule is Cc1nc(C2CCCN(CC(O)COCc3ccccc3F)C2)n[nH]1. The molecule has 6 nitrogen and oxygen atoms in total. The van der Waals surface area contributed by atoms with E-state index in [1.54, 1.807) is 18.2 Å². The second-order valence-electron chi connectivity index (χ2n) is 6.64. The maximum absolute atomic E-state index is 13.5. The second-order valence-corrected chi connectivity index (χ2v) is 6.64. The van der Waals surface area contributed by atoms with E-state index >= 15 is 0 Å². The number of ether oxygens (including phenoxy) is 1. The second kappa shape index (κ2) is 8.51. The lowest BCUT2D eigenvalue weighted by Crippen LogP contribution is -2.41. The Kier molecular flexibility index (Phi) is 6.12. The van der Waals surface area contributed by atoms with Crippen molar-refractivity contribution in [2.75, 3.05) is 26.2 Å². The van der Waals surface area contributed by atoms with Crippen LogP contribution in [0.4, 0.5) is 4.39 Å². The van der Waals surface area contributed by atoms with Gasteiger partial charge in [0, 0.05) is 24.6 Å². The quantitative estimate of drug-likeness (QED) is 0.801. The van der Waals surface area contributed by atoms with Gasteiger partial charge in [-0.1, -0.05) is 18.2 Å². The highest BCUT2D eigenvalue weighted by atomic mass is 19.1. The molecule has 3 rings (SSSR count). The van der Waals surface area contributed by atoms with Gasteiger partial charge >= 0.3 is 0 Å². The van der Waals surface area contributed by atoms with E-state index in [0.717, 1.165) is 37.6 Å². The molecule has 2 aromatic rings. The van der Waals surface area contributed by atoms with Crippen molar-refractivity contribution in [3.63, 3.8) is 0 Å². The molecule has 0 radical (unpaired) electrons. The summed E-state index contributed by atoms with van der Waals surface area (Å²) in [5.74, 6) is 1.70. The lowest BCUT2D eigenvalue weighted by molar-refractivity contribution is 0.00481. The molecule has 7 heteroatoms. The summed E-state index contributed by atoms with van der Waals surface area (Å²) in [4.78, 5) is 6.64. The van der Waals surface area contributed by atoms with Crippen molar-refractivity contribution in [2.24, 2.45) is 0 Å². The zero-order valence-electron chi connectivity index (χ0n) is 14.5. The van der Waals surface area contributed by atoms with E-state index in [2.05, 4.69) is 20.1 Å². The summed E-state index contributed by atoms with van der Waals surface area (Å²) in [5.41, 5.74) is 0.507.